The van der Waals surface area contributed by atoms with Crippen LogP contribution in [-0.2, 0) is 59.2 Å². The van der Waals surface area contributed by atoms with Crippen molar-refractivity contribution in [2.75, 3.05) is 13.1 Å². The van der Waals surface area contributed by atoms with Gasteiger partial charge in [0.1, 0.15) is 48.0 Å². The van der Waals surface area contributed by atoms with Crippen LogP contribution in [0, 0.1) is 11.8 Å². The second kappa shape index (κ2) is 30.0. The number of carbonyl (C=O) groups excluding carboxylic acids is 11. The molecule has 16 N–H and O–H groups in total. The molecule has 404 valence electrons. The maximum absolute atomic E-state index is 14.5. The molecule has 0 bridgehead atoms. The number of hydrogen-bond donors (Lipinski definition) is 12. The smallest absolute Gasteiger partial charge is 0.245 e. The van der Waals surface area contributed by atoms with Gasteiger partial charge >= 0.3 is 0 Å². The van der Waals surface area contributed by atoms with E-state index in [0.29, 0.717) is 44.1 Å². The molecule has 0 radical (unpaired) electrons. The number of nitrogens with zero attached hydrogens (tertiary/aromatic N) is 1. The van der Waals surface area contributed by atoms with E-state index in [1.54, 1.807) is 26.0 Å². The van der Waals surface area contributed by atoms with Gasteiger partial charge in [-0.3, -0.25) is 52.7 Å². The zero-order valence-corrected chi connectivity index (χ0v) is 42.2. The van der Waals surface area contributed by atoms with Crippen LogP contribution in [0.15, 0.2) is 36.4 Å². The number of likely N-dealkylation sites (tertiary alicyclic amines) is 1. The molecule has 1 saturated heterocycles. The Kier molecular flexibility index (Phi) is 24.8. The molecule has 24 nitrogen and oxygen atoms in total. The number of rotatable bonds is 17. The Balaban J connectivity index is 2.02. The van der Waals surface area contributed by atoms with Gasteiger partial charge in [0.05, 0.1) is 19.0 Å². The average molecular weight is 1030 g/mol. The van der Waals surface area contributed by atoms with Gasteiger partial charge in [0.25, 0.3) is 0 Å². The van der Waals surface area contributed by atoms with Gasteiger partial charge in [-0.2, -0.15) is 0 Å². The summed E-state index contributed by atoms with van der Waals surface area (Å²) in [5.41, 5.74) is 23.1. The van der Waals surface area contributed by atoms with Gasteiger partial charge in [0.15, 0.2) is 0 Å². The Bertz CT molecular complexity index is 2150. The summed E-state index contributed by atoms with van der Waals surface area (Å²) in [6.07, 6.45) is 5.12. The standard InChI is InChI=1S/C49H76N12O12/c1-5-28(4)41-48(72)55-32(20-21-38(51)63)44(68)58-36(25-39(52)64)45(69)56-33(49(73)61-22-12-15-37(61)47(71)59-34(23-27(2)3)43(67)54-26-40(53)65)14-11-9-7-6-8-10-13-31(50)42(66)57-35(46(70)60-41)24-29-16-18-30(62)19-17-29/h6-7,16-19,27-28,31-37,41,62H,5,8-15,20-26,50H2,1-4H3,(H2,51,63)(H2,52,64)(H2,53,65)(H,54,67)(H,55,72)(H,56,69)(H,57,66)(H,58,68)(H,59,71)(H,60,70)/b7-6+/t28-,31-,32-,33-,34-,35-,36-,37-,41-/m0/s1. The van der Waals surface area contributed by atoms with E-state index in [4.69, 9.17) is 22.9 Å². The Morgan fingerprint density at radius 1 is 0.726 bits per heavy atom. The minimum Gasteiger partial charge on any atom is -0.508 e. The molecule has 3 rings (SSSR count). The van der Waals surface area contributed by atoms with Crippen molar-refractivity contribution < 1.29 is 57.8 Å². The van der Waals surface area contributed by atoms with Crippen molar-refractivity contribution >= 4 is 65.0 Å². The van der Waals surface area contributed by atoms with Crippen LogP contribution in [0.4, 0.5) is 0 Å². The number of aromatic hydroxyl groups is 1. The number of nitrogens with one attached hydrogen (secondary N) is 7. The molecule has 1 fully saturated rings. The van der Waals surface area contributed by atoms with Crippen molar-refractivity contribution in [1.82, 2.24) is 42.1 Å². The fourth-order valence-electron chi connectivity index (χ4n) is 8.37. The van der Waals surface area contributed by atoms with Gasteiger partial charge in [0.2, 0.25) is 65.0 Å². The lowest BCUT2D eigenvalue weighted by Gasteiger charge is -2.31. The van der Waals surface area contributed by atoms with Crippen LogP contribution in [-0.4, -0.2) is 136 Å². The molecule has 0 aromatic heterocycles. The Morgan fingerprint density at radius 3 is 1.93 bits per heavy atom. The topological polar surface area (TPSA) is 400 Å². The summed E-state index contributed by atoms with van der Waals surface area (Å²) < 4.78 is 0. The average Bonchev–Trinajstić information content (AvgIpc) is 3.83. The highest BCUT2D eigenvalue weighted by Gasteiger charge is 2.40. The van der Waals surface area contributed by atoms with Crippen LogP contribution in [0.3, 0.4) is 0 Å². The van der Waals surface area contributed by atoms with Gasteiger partial charge in [-0.05, 0) is 93.7 Å². The predicted octanol–water partition coefficient (Wildman–Crippen LogP) is -2.09. The number of phenolic OH excluding ortho intramolecular Hbond substituents is 1. The van der Waals surface area contributed by atoms with E-state index < -0.39 is 145 Å². The normalized spacial score (nSPS) is 24.5. The van der Waals surface area contributed by atoms with Crippen LogP contribution >= 0.6 is 0 Å². The first-order chi connectivity index (χ1) is 34.5. The lowest BCUT2D eigenvalue weighted by Crippen LogP contribution is -2.61. The third-order valence-electron chi connectivity index (χ3n) is 12.6. The Morgan fingerprint density at radius 2 is 1.33 bits per heavy atom. The van der Waals surface area contributed by atoms with Gasteiger partial charge in [-0.25, -0.2) is 0 Å². The van der Waals surface area contributed by atoms with E-state index in [1.165, 1.54) is 17.0 Å². The van der Waals surface area contributed by atoms with E-state index in [1.807, 2.05) is 26.0 Å². The lowest BCUT2D eigenvalue weighted by atomic mass is 9.96. The van der Waals surface area contributed by atoms with Crippen molar-refractivity contribution in [3.05, 3.63) is 42.0 Å². The van der Waals surface area contributed by atoms with Crippen molar-refractivity contribution in [1.29, 1.82) is 0 Å². The van der Waals surface area contributed by atoms with Gasteiger partial charge in [-0.1, -0.05) is 58.4 Å². The molecule has 0 unspecified atom stereocenters. The van der Waals surface area contributed by atoms with Crippen molar-refractivity contribution in [3.63, 3.8) is 0 Å². The van der Waals surface area contributed by atoms with Crippen LogP contribution in [0.2, 0.25) is 0 Å². The lowest BCUT2D eigenvalue weighted by molar-refractivity contribution is -0.143. The van der Waals surface area contributed by atoms with E-state index in [9.17, 15) is 57.8 Å². The summed E-state index contributed by atoms with van der Waals surface area (Å²) in [5.74, 6) is -9.63. The zero-order chi connectivity index (χ0) is 54.4. The molecular weight excluding hydrogens is 949 g/mol. The molecule has 9 atom stereocenters. The number of hydrogen-bond acceptors (Lipinski definition) is 13. The number of allylic oxidation sites excluding steroid dienone is 2. The summed E-state index contributed by atoms with van der Waals surface area (Å²) in [4.78, 5) is 149. The van der Waals surface area contributed by atoms with Crippen molar-refractivity contribution in [2.24, 2.45) is 34.8 Å². The molecule has 0 spiro atoms. The second-order valence-corrected chi connectivity index (χ2v) is 19.2. The highest BCUT2D eigenvalue weighted by molar-refractivity contribution is 5.99. The monoisotopic (exact) mass is 1020 g/mol. The number of carbonyl (C=O) groups is 11. The molecule has 0 aliphatic carbocycles. The SMILES string of the molecule is CC[C@H](C)[C@@H]1NC(=O)[C@H](Cc2ccc(O)cc2)NC(=O)[C@@H](N)CCC/C=C/CCC[C@@H](C(=O)N2CCC[C@H]2C(=O)N[C@@H](CC(C)C)C(=O)NCC(N)=O)NC(=O)[C@H](CC(N)=O)NC(=O)[C@H](CCC(N)=O)NC1=O. The minimum absolute atomic E-state index is 0.0128. The number of phenols is 1. The fourth-order valence-corrected chi connectivity index (χ4v) is 8.37. The van der Waals surface area contributed by atoms with E-state index in [-0.39, 0.29) is 50.3 Å². The Hall–Kier alpha value is -7.11. The van der Waals surface area contributed by atoms with Crippen molar-refractivity contribution in [2.45, 2.75) is 166 Å². The minimum atomic E-state index is -1.73. The highest BCUT2D eigenvalue weighted by Crippen LogP contribution is 2.22. The molecule has 2 aliphatic rings. The second-order valence-electron chi connectivity index (χ2n) is 19.2. The number of nitrogens with two attached hydrogens (primary N) is 4. The van der Waals surface area contributed by atoms with Crippen molar-refractivity contribution in [3.8, 4) is 5.75 Å². The number of amides is 11. The van der Waals surface area contributed by atoms with E-state index in [0.717, 1.165) is 0 Å². The summed E-state index contributed by atoms with van der Waals surface area (Å²) in [6.45, 7) is 6.72. The number of benzene rings is 1. The van der Waals surface area contributed by atoms with E-state index >= 15 is 0 Å². The third kappa shape index (κ3) is 20.5. The van der Waals surface area contributed by atoms with Crippen LogP contribution in [0.5, 0.6) is 5.75 Å². The molecule has 2 aliphatic heterocycles. The molecule has 24 heteroatoms. The molecule has 0 saturated carbocycles. The molecule has 1 aromatic rings. The van der Waals surface area contributed by atoms with Gasteiger partial charge < -0.3 is 70.2 Å². The van der Waals surface area contributed by atoms with Crippen LogP contribution < -0.4 is 60.2 Å². The first-order valence-corrected chi connectivity index (χ1v) is 24.9. The molecule has 11 amide bonds. The maximum atomic E-state index is 14.5. The summed E-state index contributed by atoms with van der Waals surface area (Å²) >= 11 is 0. The molecule has 1 aromatic carbocycles. The van der Waals surface area contributed by atoms with Gasteiger partial charge in [-0.15, -0.1) is 0 Å². The quantitative estimate of drug-likeness (QED) is 0.0746. The summed E-state index contributed by atoms with van der Waals surface area (Å²) in [7, 11) is 0. The number of primary amides is 3. The first kappa shape index (κ1) is 60.2. The first-order valence-electron chi connectivity index (χ1n) is 24.9. The largest absolute Gasteiger partial charge is 0.508 e. The van der Waals surface area contributed by atoms with Gasteiger partial charge in [0, 0.05) is 19.4 Å². The van der Waals surface area contributed by atoms with Crippen LogP contribution in [0.1, 0.15) is 117 Å². The zero-order valence-electron chi connectivity index (χ0n) is 42.2. The Labute approximate surface area is 425 Å². The third-order valence-corrected chi connectivity index (χ3v) is 12.6. The predicted molar refractivity (Wildman–Crippen MR) is 266 cm³/mol. The molecule has 73 heavy (non-hydrogen) atoms. The highest BCUT2D eigenvalue weighted by atomic mass is 16.3. The summed E-state index contributed by atoms with van der Waals surface area (Å²) in [6, 6.07) is -4.44. The maximum Gasteiger partial charge on any atom is 0.245 e. The molecular formula is C49H76N12O12. The van der Waals surface area contributed by atoms with Crippen LogP contribution in [0.25, 0.3) is 0 Å². The fraction of sp³-hybridized carbons (Fsp3) is 0.612. The molecule has 2 heterocycles. The van der Waals surface area contributed by atoms with E-state index in [2.05, 4.69) is 37.2 Å². The summed E-state index contributed by atoms with van der Waals surface area (Å²) in [5, 5.41) is 28.0.